The van der Waals surface area contributed by atoms with E-state index in [1.165, 1.54) is 6.42 Å². The molecule has 0 amide bonds. The Labute approximate surface area is 96.0 Å². The Hall–Kier alpha value is 0.990. The van der Waals surface area contributed by atoms with Crippen LogP contribution in [0.1, 0.15) is 40.5 Å². The van der Waals surface area contributed by atoms with Crippen molar-refractivity contribution in [3.8, 4) is 0 Å². The first-order chi connectivity index (χ1) is 6.11. The van der Waals surface area contributed by atoms with Crippen LogP contribution < -0.4 is 0 Å². The molecule has 0 aliphatic rings. The zero-order valence-corrected chi connectivity index (χ0v) is 11.4. The highest BCUT2D eigenvalue weighted by Crippen LogP contribution is 2.37. The maximum Gasteiger partial charge on any atom is 0.0234 e. The zero-order chi connectivity index (χ0) is 10.3. The fourth-order valence-corrected chi connectivity index (χ4v) is 4.26. The van der Waals surface area contributed by atoms with Gasteiger partial charge in [-0.15, -0.1) is 11.6 Å². The molecule has 0 aromatic heterocycles. The van der Waals surface area contributed by atoms with E-state index in [1.807, 2.05) is 21.6 Å². The van der Waals surface area contributed by atoms with Gasteiger partial charge in [-0.1, -0.05) is 55.7 Å². The summed E-state index contributed by atoms with van der Waals surface area (Å²) in [5.41, 5.74) is 0. The van der Waals surface area contributed by atoms with E-state index in [0.717, 1.165) is 23.5 Å². The average molecular weight is 241 g/mol. The van der Waals surface area contributed by atoms with Crippen LogP contribution in [0.25, 0.3) is 0 Å². The highest BCUT2D eigenvalue weighted by atomic mass is 35.5. The minimum absolute atomic E-state index is 0.715. The fourth-order valence-electron chi connectivity index (χ4n) is 0.980. The highest BCUT2D eigenvalue weighted by molar-refractivity contribution is 8.77. The monoisotopic (exact) mass is 240 g/mol. The van der Waals surface area contributed by atoms with Gasteiger partial charge >= 0.3 is 0 Å². The molecule has 0 N–H and O–H groups in total. The van der Waals surface area contributed by atoms with Crippen molar-refractivity contribution in [1.82, 2.24) is 0 Å². The van der Waals surface area contributed by atoms with Crippen LogP contribution in [0, 0.1) is 5.92 Å². The first kappa shape index (κ1) is 14.0. The summed E-state index contributed by atoms with van der Waals surface area (Å²) < 4.78 is 0. The summed E-state index contributed by atoms with van der Waals surface area (Å²) in [7, 11) is 4.00. The van der Waals surface area contributed by atoms with Gasteiger partial charge in [0.2, 0.25) is 0 Å². The average Bonchev–Trinajstić information content (AvgIpc) is 2.10. The van der Waals surface area contributed by atoms with Crippen molar-refractivity contribution >= 4 is 33.2 Å². The van der Waals surface area contributed by atoms with Crippen molar-refractivity contribution in [2.24, 2.45) is 5.92 Å². The lowest BCUT2D eigenvalue weighted by molar-refractivity contribution is 0.527. The lowest BCUT2D eigenvalue weighted by Gasteiger charge is -2.21. The molecule has 0 bridgehead atoms. The first-order valence-corrected chi connectivity index (χ1v) is 7.80. The van der Waals surface area contributed by atoms with Gasteiger partial charge in [0.1, 0.15) is 0 Å². The van der Waals surface area contributed by atoms with E-state index < -0.39 is 0 Å². The highest BCUT2D eigenvalue weighted by Gasteiger charge is 2.16. The standard InChI is InChI=1S/C10H21ClS2/c1-5-9(4)10(6-7-11)13-12-8(2)3/h8-10H,5-7H2,1-4H3. The second-order valence-electron chi connectivity index (χ2n) is 3.64. The van der Waals surface area contributed by atoms with E-state index in [1.54, 1.807) is 0 Å². The molecule has 13 heavy (non-hydrogen) atoms. The van der Waals surface area contributed by atoms with Gasteiger partial charge in [-0.25, -0.2) is 0 Å². The summed E-state index contributed by atoms with van der Waals surface area (Å²) in [4.78, 5) is 0. The van der Waals surface area contributed by atoms with E-state index in [-0.39, 0.29) is 0 Å². The van der Waals surface area contributed by atoms with Gasteiger partial charge in [0.25, 0.3) is 0 Å². The predicted octanol–water partition coefficient (Wildman–Crippen LogP) is 4.82. The minimum atomic E-state index is 0.715. The van der Waals surface area contributed by atoms with Gasteiger partial charge in [0, 0.05) is 16.4 Å². The van der Waals surface area contributed by atoms with Crippen LogP contribution in [0.3, 0.4) is 0 Å². The van der Waals surface area contributed by atoms with Gasteiger partial charge in [-0.2, -0.15) is 0 Å². The van der Waals surface area contributed by atoms with Gasteiger partial charge < -0.3 is 0 Å². The molecule has 0 aliphatic carbocycles. The first-order valence-electron chi connectivity index (χ1n) is 4.99. The molecule has 2 unspecified atom stereocenters. The van der Waals surface area contributed by atoms with Gasteiger partial charge in [0.15, 0.2) is 0 Å². The summed E-state index contributed by atoms with van der Waals surface area (Å²) in [6.45, 7) is 9.07. The number of halogens is 1. The van der Waals surface area contributed by atoms with Gasteiger partial charge in [-0.05, 0) is 12.3 Å². The molecule has 0 rings (SSSR count). The maximum atomic E-state index is 5.79. The Morgan fingerprint density at radius 3 is 2.15 bits per heavy atom. The van der Waals surface area contributed by atoms with E-state index in [9.17, 15) is 0 Å². The second-order valence-corrected chi connectivity index (χ2v) is 7.11. The molecular formula is C10H21ClS2. The topological polar surface area (TPSA) is 0 Å². The summed E-state index contributed by atoms with van der Waals surface area (Å²) in [6.07, 6.45) is 2.40. The Kier molecular flexibility index (Phi) is 8.94. The van der Waals surface area contributed by atoms with Crippen molar-refractivity contribution < 1.29 is 0 Å². The molecule has 0 heterocycles. The van der Waals surface area contributed by atoms with Crippen LogP contribution in [-0.2, 0) is 0 Å². The molecule has 0 aliphatic heterocycles. The summed E-state index contributed by atoms with van der Waals surface area (Å²) >= 11 is 5.79. The van der Waals surface area contributed by atoms with E-state index in [4.69, 9.17) is 11.6 Å². The normalized spacial score (nSPS) is 16.2. The molecule has 0 fully saturated rings. The molecule has 0 aromatic rings. The molecule has 3 heteroatoms. The number of alkyl halides is 1. The van der Waals surface area contributed by atoms with Gasteiger partial charge in [0.05, 0.1) is 0 Å². The smallest absolute Gasteiger partial charge is 0.0234 e. The van der Waals surface area contributed by atoms with Crippen LogP contribution >= 0.6 is 33.2 Å². The van der Waals surface area contributed by atoms with E-state index in [0.29, 0.717) is 5.25 Å². The molecule has 0 aromatic carbocycles. The third-order valence-electron chi connectivity index (χ3n) is 2.04. The number of hydrogen-bond donors (Lipinski definition) is 0. The lowest BCUT2D eigenvalue weighted by Crippen LogP contribution is -2.13. The SMILES string of the molecule is CCC(C)C(CCCl)SSC(C)C. The molecule has 0 spiro atoms. The molecule has 0 saturated carbocycles. The Bertz CT molecular complexity index is 117. The van der Waals surface area contributed by atoms with Crippen molar-refractivity contribution in [1.29, 1.82) is 0 Å². The van der Waals surface area contributed by atoms with Crippen LogP contribution in [0.15, 0.2) is 0 Å². The van der Waals surface area contributed by atoms with Crippen molar-refractivity contribution in [3.05, 3.63) is 0 Å². The third kappa shape index (κ3) is 6.98. The van der Waals surface area contributed by atoms with Crippen molar-refractivity contribution in [2.45, 2.75) is 51.0 Å². The van der Waals surface area contributed by atoms with Crippen LogP contribution in [0.4, 0.5) is 0 Å². The van der Waals surface area contributed by atoms with Crippen molar-refractivity contribution in [3.63, 3.8) is 0 Å². The Morgan fingerprint density at radius 2 is 1.77 bits per heavy atom. The van der Waals surface area contributed by atoms with Crippen LogP contribution in [-0.4, -0.2) is 16.4 Å². The fraction of sp³-hybridized carbons (Fsp3) is 1.00. The molecule has 0 radical (unpaired) electrons. The molecule has 80 valence electrons. The third-order valence-corrected chi connectivity index (χ3v) is 5.94. The second kappa shape index (κ2) is 8.31. The Morgan fingerprint density at radius 1 is 1.15 bits per heavy atom. The number of rotatable bonds is 7. The Balaban J connectivity index is 3.79. The minimum Gasteiger partial charge on any atom is -0.127 e. The largest absolute Gasteiger partial charge is 0.127 e. The maximum absolute atomic E-state index is 5.79. The van der Waals surface area contributed by atoms with Crippen LogP contribution in [0.5, 0.6) is 0 Å². The van der Waals surface area contributed by atoms with Crippen molar-refractivity contribution in [2.75, 3.05) is 5.88 Å². The molecule has 0 saturated heterocycles. The van der Waals surface area contributed by atoms with Gasteiger partial charge in [-0.3, -0.25) is 0 Å². The zero-order valence-electron chi connectivity index (χ0n) is 9.05. The van der Waals surface area contributed by atoms with E-state index >= 15 is 0 Å². The summed E-state index contributed by atoms with van der Waals surface area (Å²) in [6, 6.07) is 0. The quantitative estimate of drug-likeness (QED) is 0.462. The molecular weight excluding hydrogens is 220 g/mol. The predicted molar refractivity (Wildman–Crippen MR) is 68.9 cm³/mol. The van der Waals surface area contributed by atoms with E-state index in [2.05, 4.69) is 27.7 Å². The number of hydrogen-bond acceptors (Lipinski definition) is 2. The molecule has 2 atom stereocenters. The lowest BCUT2D eigenvalue weighted by atomic mass is 10.0. The molecule has 0 nitrogen and oxygen atoms in total. The summed E-state index contributed by atoms with van der Waals surface area (Å²) in [5.74, 6) is 1.58. The summed E-state index contributed by atoms with van der Waals surface area (Å²) in [5, 5.41) is 1.45. The van der Waals surface area contributed by atoms with Crippen LogP contribution in [0.2, 0.25) is 0 Å².